The zero-order valence-corrected chi connectivity index (χ0v) is 19.5. The molecular weight excluding hydrogens is 462 g/mol. The second-order valence-corrected chi connectivity index (χ2v) is 8.87. The molecule has 1 aliphatic heterocycles. The van der Waals surface area contributed by atoms with Crippen molar-refractivity contribution in [1.82, 2.24) is 24.5 Å². The Morgan fingerprint density at radius 3 is 2.36 bits per heavy atom. The van der Waals surface area contributed by atoms with Gasteiger partial charge in [-0.25, -0.2) is 18.2 Å². The van der Waals surface area contributed by atoms with Crippen molar-refractivity contribution in [2.45, 2.75) is 13.0 Å². The largest absolute Gasteiger partial charge is 0.338 e. The van der Waals surface area contributed by atoms with E-state index in [-0.39, 0.29) is 12.6 Å². The molecule has 0 saturated carbocycles. The Bertz CT molecular complexity index is 1580. The first kappa shape index (κ1) is 22.1. The van der Waals surface area contributed by atoms with Gasteiger partial charge in [0, 0.05) is 36.6 Å². The first-order valence-electron chi connectivity index (χ1n) is 11.7. The van der Waals surface area contributed by atoms with Crippen LogP contribution in [0.1, 0.15) is 17.3 Å². The van der Waals surface area contributed by atoms with Crippen LogP contribution in [-0.4, -0.2) is 56.1 Å². The van der Waals surface area contributed by atoms with E-state index in [0.29, 0.717) is 30.5 Å². The Kier molecular flexibility index (Phi) is 5.32. The number of carbonyl (C=O) groups is 1. The molecule has 1 amide bonds. The van der Waals surface area contributed by atoms with Crippen molar-refractivity contribution in [2.24, 2.45) is 0 Å². The fourth-order valence-electron chi connectivity index (χ4n) is 4.84. The minimum Gasteiger partial charge on any atom is -0.338 e. The van der Waals surface area contributed by atoms with Crippen molar-refractivity contribution in [1.29, 1.82) is 0 Å². The molecule has 3 heterocycles. The van der Waals surface area contributed by atoms with Gasteiger partial charge in [0.25, 0.3) is 5.91 Å². The van der Waals surface area contributed by atoms with E-state index in [1.54, 1.807) is 0 Å². The molecule has 0 spiro atoms. The van der Waals surface area contributed by atoms with Crippen LogP contribution >= 0.6 is 0 Å². The summed E-state index contributed by atoms with van der Waals surface area (Å²) in [5.74, 6) is -1.04. The number of anilines is 1. The van der Waals surface area contributed by atoms with Gasteiger partial charge in [-0.05, 0) is 31.2 Å². The average molecular weight is 485 g/mol. The summed E-state index contributed by atoms with van der Waals surface area (Å²) in [4.78, 5) is 21.6. The molecular formula is C27H22F2N6O. The van der Waals surface area contributed by atoms with E-state index in [1.165, 1.54) is 11.0 Å². The second-order valence-electron chi connectivity index (χ2n) is 8.87. The lowest BCUT2D eigenvalue weighted by Gasteiger charge is -2.40. The van der Waals surface area contributed by atoms with E-state index >= 15 is 0 Å². The van der Waals surface area contributed by atoms with Gasteiger partial charge in [-0.3, -0.25) is 4.79 Å². The molecule has 0 radical (unpaired) electrons. The summed E-state index contributed by atoms with van der Waals surface area (Å²) in [5.41, 5.74) is 1.86. The van der Waals surface area contributed by atoms with Crippen molar-refractivity contribution in [2.75, 3.05) is 24.5 Å². The molecule has 1 atom stereocenters. The number of benzene rings is 3. The number of halogens is 2. The lowest BCUT2D eigenvalue weighted by atomic mass is 10.1. The van der Waals surface area contributed by atoms with Crippen LogP contribution in [-0.2, 0) is 0 Å². The predicted octanol–water partition coefficient (Wildman–Crippen LogP) is 4.57. The average Bonchev–Trinajstić information content (AvgIpc) is 3.34. The number of fused-ring (bicyclic) bond motifs is 3. The van der Waals surface area contributed by atoms with Crippen molar-refractivity contribution >= 4 is 28.4 Å². The maximum absolute atomic E-state index is 14.3. The molecule has 0 bridgehead atoms. The van der Waals surface area contributed by atoms with E-state index in [2.05, 4.69) is 15.1 Å². The first-order valence-corrected chi connectivity index (χ1v) is 11.7. The van der Waals surface area contributed by atoms with Crippen LogP contribution in [0.2, 0.25) is 0 Å². The topological polar surface area (TPSA) is 66.6 Å². The molecule has 1 saturated heterocycles. The van der Waals surface area contributed by atoms with Crippen LogP contribution in [0, 0.1) is 11.6 Å². The Morgan fingerprint density at radius 2 is 1.61 bits per heavy atom. The third-order valence-corrected chi connectivity index (χ3v) is 6.61. The van der Waals surface area contributed by atoms with Crippen LogP contribution in [0.5, 0.6) is 0 Å². The fraction of sp³-hybridized carbons (Fsp3) is 0.185. The SMILES string of the molecule is C[C@H]1CN(c2nc3ccccc3c3nnc(-c4ccccc4)n23)CCN1C(=O)c1c(F)cccc1F. The zero-order valence-electron chi connectivity index (χ0n) is 19.5. The number of rotatable bonds is 3. The Balaban J connectivity index is 1.41. The lowest BCUT2D eigenvalue weighted by molar-refractivity contribution is 0.0663. The van der Waals surface area contributed by atoms with Gasteiger partial charge in [-0.15, -0.1) is 10.2 Å². The first-order chi connectivity index (χ1) is 17.5. The highest BCUT2D eigenvalue weighted by atomic mass is 19.1. The summed E-state index contributed by atoms with van der Waals surface area (Å²) >= 11 is 0. The van der Waals surface area contributed by atoms with Gasteiger partial charge in [0.1, 0.15) is 17.2 Å². The van der Waals surface area contributed by atoms with Gasteiger partial charge in [0.05, 0.1) is 5.52 Å². The molecule has 180 valence electrons. The summed E-state index contributed by atoms with van der Waals surface area (Å²) in [7, 11) is 0. The standard InChI is InChI=1S/C27H22F2N6O/c1-17-16-33(14-15-34(17)26(36)23-20(28)11-7-12-21(23)29)27-30-22-13-6-5-10-19(22)25-32-31-24(35(25)27)18-8-3-2-4-9-18/h2-13,17H,14-16H2,1H3/t17-/m0/s1. The molecule has 5 aromatic rings. The number of piperazine rings is 1. The van der Waals surface area contributed by atoms with Gasteiger partial charge in [-0.2, -0.15) is 0 Å². The maximum Gasteiger partial charge on any atom is 0.260 e. The number of nitrogens with zero attached hydrogens (tertiary/aromatic N) is 6. The van der Waals surface area contributed by atoms with E-state index in [0.717, 1.165) is 28.6 Å². The summed E-state index contributed by atoms with van der Waals surface area (Å²) in [6.07, 6.45) is 0. The molecule has 2 aromatic heterocycles. The summed E-state index contributed by atoms with van der Waals surface area (Å²) in [6.45, 7) is 3.01. The number of carbonyl (C=O) groups excluding carboxylic acids is 1. The van der Waals surface area contributed by atoms with Crippen molar-refractivity contribution in [3.8, 4) is 11.4 Å². The minimum absolute atomic E-state index is 0.284. The normalized spacial score (nSPS) is 16.1. The van der Waals surface area contributed by atoms with Crippen LogP contribution in [0.3, 0.4) is 0 Å². The number of aromatic nitrogens is 4. The molecule has 36 heavy (non-hydrogen) atoms. The van der Waals surface area contributed by atoms with Crippen molar-refractivity contribution < 1.29 is 13.6 Å². The number of amides is 1. The van der Waals surface area contributed by atoms with Gasteiger partial charge < -0.3 is 9.80 Å². The highest BCUT2D eigenvalue weighted by molar-refractivity contribution is 5.95. The fourth-order valence-corrected chi connectivity index (χ4v) is 4.84. The molecule has 9 heteroatoms. The molecule has 0 aliphatic carbocycles. The third kappa shape index (κ3) is 3.55. The molecule has 0 N–H and O–H groups in total. The van der Waals surface area contributed by atoms with Crippen LogP contribution < -0.4 is 4.90 Å². The number of para-hydroxylation sites is 1. The monoisotopic (exact) mass is 484 g/mol. The van der Waals surface area contributed by atoms with Crippen LogP contribution in [0.4, 0.5) is 14.7 Å². The molecule has 1 fully saturated rings. The van der Waals surface area contributed by atoms with Crippen LogP contribution in [0.25, 0.3) is 27.9 Å². The summed E-state index contributed by atoms with van der Waals surface area (Å²) in [6, 6.07) is 20.7. The van der Waals surface area contributed by atoms with Gasteiger partial charge in [0.15, 0.2) is 11.5 Å². The Morgan fingerprint density at radius 1 is 0.889 bits per heavy atom. The van der Waals surface area contributed by atoms with E-state index in [4.69, 9.17) is 4.98 Å². The molecule has 7 nitrogen and oxygen atoms in total. The van der Waals surface area contributed by atoms with Gasteiger partial charge in [-0.1, -0.05) is 48.5 Å². The third-order valence-electron chi connectivity index (χ3n) is 6.61. The van der Waals surface area contributed by atoms with Crippen molar-refractivity contribution in [3.05, 3.63) is 90.0 Å². The highest BCUT2D eigenvalue weighted by Gasteiger charge is 2.33. The Labute approximate surface area is 205 Å². The lowest BCUT2D eigenvalue weighted by Crippen LogP contribution is -2.55. The van der Waals surface area contributed by atoms with E-state index in [1.807, 2.05) is 65.9 Å². The smallest absolute Gasteiger partial charge is 0.260 e. The zero-order chi connectivity index (χ0) is 24.8. The summed E-state index contributed by atoms with van der Waals surface area (Å²) in [5, 5.41) is 9.87. The molecule has 1 aliphatic rings. The summed E-state index contributed by atoms with van der Waals surface area (Å²) < 4.78 is 30.5. The van der Waals surface area contributed by atoms with Gasteiger partial charge in [0.2, 0.25) is 5.95 Å². The molecule has 0 unspecified atom stereocenters. The Hall–Kier alpha value is -4.40. The molecule has 3 aromatic carbocycles. The quantitative estimate of drug-likeness (QED) is 0.375. The van der Waals surface area contributed by atoms with Gasteiger partial charge >= 0.3 is 0 Å². The maximum atomic E-state index is 14.3. The highest BCUT2D eigenvalue weighted by Crippen LogP contribution is 2.30. The van der Waals surface area contributed by atoms with Crippen LogP contribution in [0.15, 0.2) is 72.8 Å². The number of hydrogen-bond donors (Lipinski definition) is 0. The van der Waals surface area contributed by atoms with E-state index < -0.39 is 23.1 Å². The van der Waals surface area contributed by atoms with E-state index in [9.17, 15) is 13.6 Å². The predicted molar refractivity (Wildman–Crippen MR) is 133 cm³/mol. The van der Waals surface area contributed by atoms with Crippen molar-refractivity contribution in [3.63, 3.8) is 0 Å². The number of hydrogen-bond acceptors (Lipinski definition) is 5. The molecule has 6 rings (SSSR count). The second kappa shape index (κ2) is 8.67. The minimum atomic E-state index is -0.857.